The van der Waals surface area contributed by atoms with Crippen LogP contribution in [0.2, 0.25) is 0 Å². The van der Waals surface area contributed by atoms with Gasteiger partial charge in [-0.2, -0.15) is 5.10 Å². The van der Waals surface area contributed by atoms with Gasteiger partial charge in [0.2, 0.25) is 0 Å². The van der Waals surface area contributed by atoms with E-state index < -0.39 is 29.1 Å². The van der Waals surface area contributed by atoms with Crippen molar-refractivity contribution in [2.75, 3.05) is 7.11 Å². The number of halogens is 2. The van der Waals surface area contributed by atoms with E-state index in [0.717, 1.165) is 18.3 Å². The van der Waals surface area contributed by atoms with Crippen LogP contribution in [0.1, 0.15) is 18.1 Å². The van der Waals surface area contributed by atoms with E-state index in [4.69, 9.17) is 4.74 Å². The highest BCUT2D eigenvalue weighted by atomic mass is 19.1. The number of hydrogen-bond acceptors (Lipinski definition) is 4. The Hall–Kier alpha value is -3.29. The predicted molar refractivity (Wildman–Crippen MR) is 89.7 cm³/mol. The molecule has 0 radical (unpaired) electrons. The normalized spacial score (nSPS) is 19.9. The molecule has 1 saturated heterocycles. The van der Waals surface area contributed by atoms with Gasteiger partial charge in [0.05, 0.1) is 13.3 Å². The second-order valence-electron chi connectivity index (χ2n) is 5.81. The van der Waals surface area contributed by atoms with E-state index in [1.807, 2.05) is 0 Å². The zero-order valence-corrected chi connectivity index (χ0v) is 14.0. The maximum absolute atomic E-state index is 13.7. The van der Waals surface area contributed by atoms with Crippen LogP contribution in [0.25, 0.3) is 0 Å². The zero-order valence-electron chi connectivity index (χ0n) is 14.0. The van der Waals surface area contributed by atoms with E-state index in [1.165, 1.54) is 7.11 Å². The van der Waals surface area contributed by atoms with Crippen molar-refractivity contribution in [3.05, 3.63) is 65.2 Å². The minimum atomic E-state index is -1.32. The van der Waals surface area contributed by atoms with E-state index in [1.54, 1.807) is 31.2 Å². The highest BCUT2D eigenvalue weighted by Crippen LogP contribution is 2.30. The van der Waals surface area contributed by atoms with Crippen molar-refractivity contribution < 1.29 is 23.1 Å². The van der Waals surface area contributed by atoms with Gasteiger partial charge in [0.15, 0.2) is 0 Å². The molecule has 1 aliphatic rings. The minimum absolute atomic E-state index is 0.0509. The van der Waals surface area contributed by atoms with Crippen LogP contribution in [0, 0.1) is 11.6 Å². The second kappa shape index (κ2) is 6.55. The molecule has 0 aromatic heterocycles. The molecular formula is C18H15F2N3O3. The molecule has 26 heavy (non-hydrogen) atoms. The van der Waals surface area contributed by atoms with Crippen molar-refractivity contribution in [3.63, 3.8) is 0 Å². The number of nitrogens with zero attached hydrogens (tertiary/aromatic N) is 2. The molecule has 0 saturated carbocycles. The molecule has 3 amide bonds. The van der Waals surface area contributed by atoms with Crippen molar-refractivity contribution in [1.29, 1.82) is 0 Å². The predicted octanol–water partition coefficient (Wildman–Crippen LogP) is 2.77. The van der Waals surface area contributed by atoms with Gasteiger partial charge in [-0.3, -0.25) is 4.79 Å². The lowest BCUT2D eigenvalue weighted by molar-refractivity contribution is -0.131. The fourth-order valence-corrected chi connectivity index (χ4v) is 2.58. The monoisotopic (exact) mass is 359 g/mol. The first kappa shape index (κ1) is 17.5. The molecule has 2 aromatic rings. The van der Waals surface area contributed by atoms with Gasteiger partial charge in [-0.1, -0.05) is 12.1 Å². The molecule has 0 spiro atoms. The summed E-state index contributed by atoms with van der Waals surface area (Å²) in [4.78, 5) is 24.9. The van der Waals surface area contributed by atoms with Crippen molar-refractivity contribution in [1.82, 2.24) is 10.3 Å². The SMILES string of the molecule is COc1ccc([C@]2(C)NC(=O)N(/N=C\c3ccc(F)cc3F)C2=O)cc1. The summed E-state index contributed by atoms with van der Waals surface area (Å²) in [5.41, 5.74) is -0.824. The molecule has 6 nitrogen and oxygen atoms in total. The fraction of sp³-hybridized carbons (Fsp3) is 0.167. The third-order valence-electron chi connectivity index (χ3n) is 4.11. The summed E-state index contributed by atoms with van der Waals surface area (Å²) in [7, 11) is 1.52. The number of rotatable bonds is 4. The summed E-state index contributed by atoms with van der Waals surface area (Å²) in [6.07, 6.45) is 0.992. The number of carbonyl (C=O) groups is 2. The van der Waals surface area contributed by atoms with Gasteiger partial charge in [0.25, 0.3) is 5.91 Å². The minimum Gasteiger partial charge on any atom is -0.497 e. The first-order chi connectivity index (χ1) is 12.3. The lowest BCUT2D eigenvalue weighted by atomic mass is 9.92. The van der Waals surface area contributed by atoms with E-state index in [2.05, 4.69) is 10.4 Å². The largest absolute Gasteiger partial charge is 0.497 e. The Bertz CT molecular complexity index is 899. The van der Waals surface area contributed by atoms with Crippen LogP contribution >= 0.6 is 0 Å². The third-order valence-corrected chi connectivity index (χ3v) is 4.11. The van der Waals surface area contributed by atoms with E-state index in [-0.39, 0.29) is 5.56 Å². The third kappa shape index (κ3) is 3.01. The molecule has 1 N–H and O–H groups in total. The summed E-state index contributed by atoms with van der Waals surface area (Å²) in [6.45, 7) is 1.54. The van der Waals surface area contributed by atoms with Crippen LogP contribution in [0.15, 0.2) is 47.6 Å². The molecule has 3 rings (SSSR count). The Morgan fingerprint density at radius 1 is 1.15 bits per heavy atom. The summed E-state index contributed by atoms with van der Waals surface area (Å²) in [5.74, 6) is -1.59. The molecule has 134 valence electrons. The molecule has 1 atom stereocenters. The Morgan fingerprint density at radius 3 is 2.46 bits per heavy atom. The zero-order chi connectivity index (χ0) is 18.9. The number of hydrazone groups is 1. The molecule has 0 unspecified atom stereocenters. The van der Waals surface area contributed by atoms with Gasteiger partial charge in [-0.25, -0.2) is 13.6 Å². The molecule has 1 heterocycles. The number of benzene rings is 2. The van der Waals surface area contributed by atoms with Gasteiger partial charge in [0.1, 0.15) is 22.9 Å². The molecule has 2 aromatic carbocycles. The summed E-state index contributed by atoms with van der Waals surface area (Å²) in [6, 6.07) is 8.81. The standard InChI is InChI=1S/C18H15F2N3O3/c1-18(12-4-7-14(26-2)8-5-12)16(24)23(17(25)22-18)21-10-11-3-6-13(19)9-15(11)20/h3-10H,1-2H3,(H,22,25)/b21-10-/t18-/m0/s1. The van der Waals surface area contributed by atoms with Crippen molar-refractivity contribution in [2.45, 2.75) is 12.5 Å². The Balaban J connectivity index is 1.87. The molecule has 1 fully saturated rings. The van der Waals surface area contributed by atoms with Gasteiger partial charge < -0.3 is 10.1 Å². The van der Waals surface area contributed by atoms with Crippen LogP contribution in [0.5, 0.6) is 5.75 Å². The summed E-state index contributed by atoms with van der Waals surface area (Å²) >= 11 is 0. The van der Waals surface area contributed by atoms with Crippen molar-refractivity contribution in [3.8, 4) is 5.75 Å². The Kier molecular flexibility index (Phi) is 4.41. The van der Waals surface area contributed by atoms with Crippen LogP contribution in [0.4, 0.5) is 13.6 Å². The molecule has 0 bridgehead atoms. The maximum Gasteiger partial charge on any atom is 0.346 e. The Labute approximate surface area is 148 Å². The highest BCUT2D eigenvalue weighted by molar-refractivity contribution is 6.07. The lowest BCUT2D eigenvalue weighted by Crippen LogP contribution is -2.40. The van der Waals surface area contributed by atoms with E-state index in [9.17, 15) is 18.4 Å². The first-order valence-electron chi connectivity index (χ1n) is 7.65. The number of hydrogen-bond donors (Lipinski definition) is 1. The number of imide groups is 1. The quantitative estimate of drug-likeness (QED) is 0.674. The number of methoxy groups -OCH3 is 1. The van der Waals surface area contributed by atoms with Crippen LogP contribution in [0.3, 0.4) is 0 Å². The van der Waals surface area contributed by atoms with Gasteiger partial charge in [-0.15, -0.1) is 5.01 Å². The molecule has 0 aliphatic carbocycles. The van der Waals surface area contributed by atoms with Crippen LogP contribution < -0.4 is 10.1 Å². The number of carbonyl (C=O) groups excluding carboxylic acids is 2. The van der Waals surface area contributed by atoms with Gasteiger partial charge in [-0.05, 0) is 36.8 Å². The van der Waals surface area contributed by atoms with Crippen molar-refractivity contribution in [2.24, 2.45) is 5.10 Å². The van der Waals surface area contributed by atoms with Crippen LogP contribution in [-0.4, -0.2) is 30.3 Å². The smallest absolute Gasteiger partial charge is 0.346 e. The number of ether oxygens (including phenoxy) is 1. The maximum atomic E-state index is 13.7. The summed E-state index contributed by atoms with van der Waals surface area (Å²) < 4.78 is 31.7. The van der Waals surface area contributed by atoms with Gasteiger partial charge in [0, 0.05) is 11.6 Å². The van der Waals surface area contributed by atoms with Gasteiger partial charge >= 0.3 is 6.03 Å². The lowest BCUT2D eigenvalue weighted by Gasteiger charge is -2.21. The average Bonchev–Trinajstić information content (AvgIpc) is 2.84. The number of urea groups is 1. The van der Waals surface area contributed by atoms with E-state index in [0.29, 0.717) is 22.4 Å². The highest BCUT2D eigenvalue weighted by Gasteiger charge is 2.49. The average molecular weight is 359 g/mol. The summed E-state index contributed by atoms with van der Waals surface area (Å²) in [5, 5.41) is 6.95. The Morgan fingerprint density at radius 2 is 1.85 bits per heavy atom. The molecule has 1 aliphatic heterocycles. The number of amides is 3. The number of nitrogens with one attached hydrogen (secondary N) is 1. The van der Waals surface area contributed by atoms with Crippen molar-refractivity contribution >= 4 is 18.2 Å². The molecule has 8 heteroatoms. The first-order valence-corrected chi connectivity index (χ1v) is 7.65. The second-order valence-corrected chi connectivity index (χ2v) is 5.81. The van der Waals surface area contributed by atoms with Crippen LogP contribution in [-0.2, 0) is 10.3 Å². The molecular weight excluding hydrogens is 344 g/mol. The van der Waals surface area contributed by atoms with E-state index >= 15 is 0 Å². The topological polar surface area (TPSA) is 71.0 Å². The fourth-order valence-electron chi connectivity index (χ4n) is 2.58.